The predicted octanol–water partition coefficient (Wildman–Crippen LogP) is 0.614. The molecule has 2 rings (SSSR count). The van der Waals surface area contributed by atoms with Crippen LogP contribution in [-0.4, -0.2) is 56.2 Å². The Balaban J connectivity index is 1.61. The van der Waals surface area contributed by atoms with Gasteiger partial charge in [-0.1, -0.05) is 0 Å². The first kappa shape index (κ1) is 15.7. The quantitative estimate of drug-likeness (QED) is 0.755. The number of carbonyl (C=O) groups is 1. The number of benzene rings is 1. The van der Waals surface area contributed by atoms with Crippen LogP contribution in [0.1, 0.15) is 6.92 Å². The van der Waals surface area contributed by atoms with Crippen molar-refractivity contribution in [1.82, 2.24) is 15.5 Å². The van der Waals surface area contributed by atoms with E-state index in [1.54, 1.807) is 12.1 Å². The molecule has 0 radical (unpaired) electrons. The van der Waals surface area contributed by atoms with E-state index in [1.807, 2.05) is 0 Å². The second-order valence-electron chi connectivity index (χ2n) is 5.18. The van der Waals surface area contributed by atoms with Gasteiger partial charge < -0.3 is 15.4 Å². The number of nitrogens with zero attached hydrogens (tertiary/aromatic N) is 1. The fraction of sp³-hybridized carbons (Fsp3) is 0.533. The largest absolute Gasteiger partial charge is 0.492 e. The number of hydrogen-bond donors (Lipinski definition) is 2. The maximum absolute atomic E-state index is 12.7. The normalized spacial score (nSPS) is 19.2. The van der Waals surface area contributed by atoms with Crippen molar-refractivity contribution in [3.8, 4) is 5.75 Å². The van der Waals surface area contributed by atoms with Crippen LogP contribution in [0.5, 0.6) is 5.75 Å². The van der Waals surface area contributed by atoms with Crippen molar-refractivity contribution in [2.45, 2.75) is 13.0 Å². The zero-order valence-electron chi connectivity index (χ0n) is 12.3. The summed E-state index contributed by atoms with van der Waals surface area (Å²) in [7, 11) is 0. The third kappa shape index (κ3) is 5.32. The highest BCUT2D eigenvalue weighted by Gasteiger charge is 2.19. The summed E-state index contributed by atoms with van der Waals surface area (Å²) >= 11 is 0. The summed E-state index contributed by atoms with van der Waals surface area (Å²) in [5, 5.41) is 6.12. The molecule has 0 aromatic heterocycles. The Morgan fingerprint density at radius 2 is 2.24 bits per heavy atom. The lowest BCUT2D eigenvalue weighted by Crippen LogP contribution is -2.52. The topological polar surface area (TPSA) is 53.6 Å². The molecule has 2 N–H and O–H groups in total. The van der Waals surface area contributed by atoms with Crippen LogP contribution in [0.25, 0.3) is 0 Å². The van der Waals surface area contributed by atoms with E-state index in [-0.39, 0.29) is 11.7 Å². The van der Waals surface area contributed by atoms with Crippen molar-refractivity contribution in [2.24, 2.45) is 0 Å². The number of carbonyl (C=O) groups excluding carboxylic acids is 1. The van der Waals surface area contributed by atoms with Crippen LogP contribution in [0.15, 0.2) is 24.3 Å². The Morgan fingerprint density at radius 3 is 2.95 bits per heavy atom. The lowest BCUT2D eigenvalue weighted by Gasteiger charge is -2.33. The summed E-state index contributed by atoms with van der Waals surface area (Å²) in [4.78, 5) is 14.0. The summed E-state index contributed by atoms with van der Waals surface area (Å²) in [5.41, 5.74) is 0. The van der Waals surface area contributed by atoms with Crippen molar-refractivity contribution in [1.29, 1.82) is 0 Å². The molecule has 21 heavy (non-hydrogen) atoms. The van der Waals surface area contributed by atoms with Crippen molar-refractivity contribution in [3.63, 3.8) is 0 Å². The molecule has 1 amide bonds. The van der Waals surface area contributed by atoms with Gasteiger partial charge in [0.25, 0.3) is 0 Å². The summed E-state index contributed by atoms with van der Waals surface area (Å²) in [5.74, 6) is 0.314. The molecule has 5 nitrogen and oxygen atoms in total. The number of amides is 1. The molecule has 1 atom stereocenters. The average Bonchev–Trinajstić information content (AvgIpc) is 2.48. The van der Waals surface area contributed by atoms with Crippen LogP contribution in [0, 0.1) is 5.82 Å². The van der Waals surface area contributed by atoms with E-state index in [2.05, 4.69) is 22.5 Å². The number of rotatable bonds is 6. The fourth-order valence-electron chi connectivity index (χ4n) is 2.25. The van der Waals surface area contributed by atoms with E-state index in [4.69, 9.17) is 4.74 Å². The fourth-order valence-corrected chi connectivity index (χ4v) is 2.25. The molecule has 1 saturated heterocycles. The van der Waals surface area contributed by atoms with Gasteiger partial charge in [-0.3, -0.25) is 9.69 Å². The third-order valence-corrected chi connectivity index (χ3v) is 3.49. The van der Waals surface area contributed by atoms with Crippen LogP contribution in [-0.2, 0) is 4.79 Å². The Labute approximate surface area is 124 Å². The maximum Gasteiger partial charge on any atom is 0.234 e. The van der Waals surface area contributed by atoms with E-state index in [1.165, 1.54) is 12.1 Å². The SMILES string of the molecule is C[C@@H]1CNCCN1CC(=O)NCCOc1ccc(F)cc1. The van der Waals surface area contributed by atoms with Gasteiger partial charge in [0.05, 0.1) is 13.1 Å². The van der Waals surface area contributed by atoms with Gasteiger partial charge in [0.15, 0.2) is 0 Å². The van der Waals surface area contributed by atoms with Crippen LogP contribution in [0.2, 0.25) is 0 Å². The molecule has 1 aromatic carbocycles. The van der Waals surface area contributed by atoms with Gasteiger partial charge in [-0.2, -0.15) is 0 Å². The van der Waals surface area contributed by atoms with Crippen LogP contribution >= 0.6 is 0 Å². The Morgan fingerprint density at radius 1 is 1.48 bits per heavy atom. The first-order valence-electron chi connectivity index (χ1n) is 7.25. The minimum Gasteiger partial charge on any atom is -0.492 e. The van der Waals surface area contributed by atoms with Crippen molar-refractivity contribution < 1.29 is 13.9 Å². The van der Waals surface area contributed by atoms with Gasteiger partial charge in [-0.15, -0.1) is 0 Å². The molecular formula is C15H22FN3O2. The minimum absolute atomic E-state index is 0.00598. The van der Waals surface area contributed by atoms with Crippen molar-refractivity contribution in [3.05, 3.63) is 30.1 Å². The first-order chi connectivity index (χ1) is 10.1. The Bertz CT molecular complexity index is 453. The van der Waals surface area contributed by atoms with E-state index in [0.717, 1.165) is 19.6 Å². The van der Waals surface area contributed by atoms with Gasteiger partial charge in [0.2, 0.25) is 5.91 Å². The molecule has 1 heterocycles. The zero-order valence-corrected chi connectivity index (χ0v) is 12.3. The molecule has 0 spiro atoms. The lowest BCUT2D eigenvalue weighted by molar-refractivity contribution is -0.123. The Kier molecular flexibility index (Phi) is 5.95. The molecule has 0 bridgehead atoms. The second-order valence-corrected chi connectivity index (χ2v) is 5.18. The molecule has 1 aliphatic rings. The van der Waals surface area contributed by atoms with Crippen LogP contribution in [0.3, 0.4) is 0 Å². The second kappa shape index (κ2) is 7.95. The molecule has 1 aromatic rings. The van der Waals surface area contributed by atoms with Gasteiger partial charge in [-0.05, 0) is 31.2 Å². The summed E-state index contributed by atoms with van der Waals surface area (Å²) < 4.78 is 18.1. The highest BCUT2D eigenvalue weighted by atomic mass is 19.1. The summed E-state index contributed by atoms with van der Waals surface area (Å²) in [6.45, 7) is 6.06. The number of piperazine rings is 1. The van der Waals surface area contributed by atoms with Crippen molar-refractivity contribution in [2.75, 3.05) is 39.3 Å². The van der Waals surface area contributed by atoms with Crippen LogP contribution in [0.4, 0.5) is 4.39 Å². The highest BCUT2D eigenvalue weighted by Crippen LogP contribution is 2.10. The molecule has 0 unspecified atom stereocenters. The van der Waals surface area contributed by atoms with E-state index in [9.17, 15) is 9.18 Å². The molecule has 0 saturated carbocycles. The first-order valence-corrected chi connectivity index (χ1v) is 7.25. The minimum atomic E-state index is -0.291. The molecule has 1 fully saturated rings. The molecule has 116 valence electrons. The van der Waals surface area contributed by atoms with Gasteiger partial charge >= 0.3 is 0 Å². The standard InChI is InChI=1S/C15H22FN3O2/c1-12-10-17-6-8-19(12)11-15(20)18-7-9-21-14-4-2-13(16)3-5-14/h2-5,12,17H,6-11H2,1H3,(H,18,20)/t12-/m1/s1. The average molecular weight is 295 g/mol. The van der Waals surface area contributed by atoms with Gasteiger partial charge in [0.1, 0.15) is 18.2 Å². The van der Waals surface area contributed by atoms with E-state index < -0.39 is 0 Å². The Hall–Kier alpha value is -1.66. The summed E-state index contributed by atoms with van der Waals surface area (Å²) in [6, 6.07) is 6.21. The highest BCUT2D eigenvalue weighted by molar-refractivity contribution is 5.78. The molecule has 0 aliphatic carbocycles. The molecule has 6 heteroatoms. The monoisotopic (exact) mass is 295 g/mol. The van der Waals surface area contributed by atoms with E-state index in [0.29, 0.717) is 31.5 Å². The maximum atomic E-state index is 12.7. The van der Waals surface area contributed by atoms with Crippen LogP contribution < -0.4 is 15.4 Å². The van der Waals surface area contributed by atoms with Gasteiger partial charge in [-0.25, -0.2) is 4.39 Å². The smallest absolute Gasteiger partial charge is 0.234 e. The number of hydrogen-bond acceptors (Lipinski definition) is 4. The van der Waals surface area contributed by atoms with Gasteiger partial charge in [0, 0.05) is 25.7 Å². The number of halogens is 1. The van der Waals surface area contributed by atoms with E-state index >= 15 is 0 Å². The predicted molar refractivity (Wildman–Crippen MR) is 78.8 cm³/mol. The third-order valence-electron chi connectivity index (χ3n) is 3.49. The zero-order chi connectivity index (χ0) is 15.1. The lowest BCUT2D eigenvalue weighted by atomic mass is 10.2. The van der Waals surface area contributed by atoms with Crippen molar-refractivity contribution >= 4 is 5.91 Å². The number of ether oxygens (including phenoxy) is 1. The number of nitrogens with one attached hydrogen (secondary N) is 2. The molecule has 1 aliphatic heterocycles. The summed E-state index contributed by atoms with van der Waals surface area (Å²) in [6.07, 6.45) is 0. The molecular weight excluding hydrogens is 273 g/mol.